The lowest BCUT2D eigenvalue weighted by atomic mass is 9.87. The highest BCUT2D eigenvalue weighted by Crippen LogP contribution is 2.23. The summed E-state index contributed by atoms with van der Waals surface area (Å²) in [5, 5.41) is 3.25. The largest absolute Gasteiger partial charge is 0.352 e. The van der Waals surface area contributed by atoms with Crippen molar-refractivity contribution in [1.82, 2.24) is 15.1 Å². The van der Waals surface area contributed by atoms with Gasteiger partial charge in [0, 0.05) is 38.6 Å². The van der Waals surface area contributed by atoms with E-state index in [1.165, 1.54) is 18.4 Å². The van der Waals surface area contributed by atoms with E-state index in [1.807, 2.05) is 30.0 Å². The van der Waals surface area contributed by atoms with Gasteiger partial charge in [-0.25, -0.2) is 0 Å². The van der Waals surface area contributed by atoms with Gasteiger partial charge in [-0.15, -0.1) is 0 Å². The standard InChI is InChI=1S/C24H37N3O2/c1-19-11-13-22(14-12-19)25-24(29)20(2)26-15-17-27(18-16-26)23(28)10-6-9-21-7-4-3-5-8-21/h3-5,7-8,19-20,22H,6,9-18H2,1-2H3,(H,25,29). The highest BCUT2D eigenvalue weighted by Gasteiger charge is 2.29. The van der Waals surface area contributed by atoms with Crippen LogP contribution in [0.3, 0.4) is 0 Å². The lowest BCUT2D eigenvalue weighted by Gasteiger charge is -2.38. The number of amides is 2. The maximum Gasteiger partial charge on any atom is 0.237 e. The summed E-state index contributed by atoms with van der Waals surface area (Å²) in [6.07, 6.45) is 7.07. The van der Waals surface area contributed by atoms with Crippen molar-refractivity contribution >= 4 is 11.8 Å². The van der Waals surface area contributed by atoms with Gasteiger partial charge in [0.05, 0.1) is 6.04 Å². The Balaban J connectivity index is 1.35. The smallest absolute Gasteiger partial charge is 0.237 e. The van der Waals surface area contributed by atoms with E-state index in [0.717, 1.165) is 57.8 Å². The molecule has 0 spiro atoms. The second kappa shape index (κ2) is 10.8. The van der Waals surface area contributed by atoms with E-state index < -0.39 is 0 Å². The van der Waals surface area contributed by atoms with E-state index in [0.29, 0.717) is 12.5 Å². The highest BCUT2D eigenvalue weighted by atomic mass is 16.2. The molecule has 5 heteroatoms. The number of benzene rings is 1. The fourth-order valence-electron chi connectivity index (χ4n) is 4.50. The summed E-state index contributed by atoms with van der Waals surface area (Å²) in [7, 11) is 0. The third-order valence-corrected chi connectivity index (χ3v) is 6.66. The molecule has 1 aromatic rings. The van der Waals surface area contributed by atoms with Crippen molar-refractivity contribution in [2.75, 3.05) is 26.2 Å². The van der Waals surface area contributed by atoms with Gasteiger partial charge in [0.2, 0.25) is 11.8 Å². The lowest BCUT2D eigenvalue weighted by molar-refractivity contribution is -0.134. The minimum Gasteiger partial charge on any atom is -0.352 e. The van der Waals surface area contributed by atoms with Crippen LogP contribution in [0.5, 0.6) is 0 Å². The molecule has 1 unspecified atom stereocenters. The predicted octanol–water partition coefficient (Wildman–Crippen LogP) is 3.24. The van der Waals surface area contributed by atoms with Crippen molar-refractivity contribution in [2.24, 2.45) is 5.92 Å². The zero-order valence-corrected chi connectivity index (χ0v) is 18.1. The van der Waals surface area contributed by atoms with Crippen LogP contribution in [-0.4, -0.2) is 59.9 Å². The van der Waals surface area contributed by atoms with Crippen LogP contribution in [-0.2, 0) is 16.0 Å². The Morgan fingerprint density at radius 3 is 2.34 bits per heavy atom. The van der Waals surface area contributed by atoms with Crippen molar-refractivity contribution < 1.29 is 9.59 Å². The summed E-state index contributed by atoms with van der Waals surface area (Å²) in [4.78, 5) is 29.3. The van der Waals surface area contributed by atoms with Crippen LogP contribution < -0.4 is 5.32 Å². The summed E-state index contributed by atoms with van der Waals surface area (Å²) >= 11 is 0. The number of carbonyl (C=O) groups excluding carboxylic acids is 2. The molecule has 160 valence electrons. The van der Waals surface area contributed by atoms with Crippen molar-refractivity contribution in [2.45, 2.75) is 70.9 Å². The van der Waals surface area contributed by atoms with Crippen LogP contribution in [0, 0.1) is 5.92 Å². The molecule has 1 N–H and O–H groups in total. The maximum absolute atomic E-state index is 12.7. The minimum absolute atomic E-state index is 0.121. The molecule has 29 heavy (non-hydrogen) atoms. The van der Waals surface area contributed by atoms with E-state index in [-0.39, 0.29) is 17.9 Å². The van der Waals surface area contributed by atoms with Gasteiger partial charge in [0.15, 0.2) is 0 Å². The Morgan fingerprint density at radius 2 is 1.69 bits per heavy atom. The minimum atomic E-state index is -0.121. The molecule has 1 atom stereocenters. The van der Waals surface area contributed by atoms with Gasteiger partial charge in [-0.05, 0) is 56.9 Å². The Labute approximate surface area is 175 Å². The molecule has 1 saturated heterocycles. The lowest BCUT2D eigenvalue weighted by Crippen LogP contribution is -2.56. The summed E-state index contributed by atoms with van der Waals surface area (Å²) in [6.45, 7) is 7.30. The summed E-state index contributed by atoms with van der Waals surface area (Å²) in [5.74, 6) is 1.18. The monoisotopic (exact) mass is 399 g/mol. The molecule has 1 aliphatic carbocycles. The molecular weight excluding hydrogens is 362 g/mol. The van der Waals surface area contributed by atoms with Gasteiger partial charge in [-0.2, -0.15) is 0 Å². The predicted molar refractivity (Wildman–Crippen MR) is 117 cm³/mol. The van der Waals surface area contributed by atoms with E-state index >= 15 is 0 Å². The summed E-state index contributed by atoms with van der Waals surface area (Å²) < 4.78 is 0. The molecule has 2 aliphatic rings. The van der Waals surface area contributed by atoms with E-state index in [1.54, 1.807) is 0 Å². The zero-order chi connectivity index (χ0) is 20.6. The van der Waals surface area contributed by atoms with Crippen LogP contribution in [0.4, 0.5) is 0 Å². The molecule has 5 nitrogen and oxygen atoms in total. The fraction of sp³-hybridized carbons (Fsp3) is 0.667. The fourth-order valence-corrected chi connectivity index (χ4v) is 4.50. The second-order valence-electron chi connectivity index (χ2n) is 8.90. The van der Waals surface area contributed by atoms with Crippen molar-refractivity contribution in [3.63, 3.8) is 0 Å². The topological polar surface area (TPSA) is 52.7 Å². The van der Waals surface area contributed by atoms with Crippen LogP contribution in [0.1, 0.15) is 57.9 Å². The molecule has 1 heterocycles. The quantitative estimate of drug-likeness (QED) is 0.766. The van der Waals surface area contributed by atoms with Crippen molar-refractivity contribution in [3.8, 4) is 0 Å². The van der Waals surface area contributed by atoms with Gasteiger partial charge in [-0.3, -0.25) is 14.5 Å². The number of rotatable bonds is 7. The molecule has 1 aliphatic heterocycles. The van der Waals surface area contributed by atoms with Gasteiger partial charge >= 0.3 is 0 Å². The molecule has 2 amide bonds. The average Bonchev–Trinajstić information content (AvgIpc) is 2.75. The summed E-state index contributed by atoms with van der Waals surface area (Å²) in [6, 6.07) is 10.6. The number of aryl methyl sites for hydroxylation is 1. The molecule has 0 aromatic heterocycles. The van der Waals surface area contributed by atoms with Gasteiger partial charge in [0.25, 0.3) is 0 Å². The van der Waals surface area contributed by atoms with Crippen molar-refractivity contribution in [3.05, 3.63) is 35.9 Å². The average molecular weight is 400 g/mol. The number of piperazine rings is 1. The SMILES string of the molecule is CC1CCC(NC(=O)C(C)N2CCN(C(=O)CCCc3ccccc3)CC2)CC1. The zero-order valence-electron chi connectivity index (χ0n) is 18.1. The third kappa shape index (κ3) is 6.56. The number of nitrogens with one attached hydrogen (secondary N) is 1. The van der Waals surface area contributed by atoms with Crippen LogP contribution in [0.25, 0.3) is 0 Å². The third-order valence-electron chi connectivity index (χ3n) is 6.66. The normalized spacial score (nSPS) is 24.1. The first kappa shape index (κ1) is 21.8. The first-order valence-corrected chi connectivity index (χ1v) is 11.4. The molecule has 3 rings (SSSR count). The molecule has 0 radical (unpaired) electrons. The first-order chi connectivity index (χ1) is 14.0. The first-order valence-electron chi connectivity index (χ1n) is 11.4. The molecule has 1 aromatic carbocycles. The Bertz CT molecular complexity index is 647. The number of hydrogen-bond donors (Lipinski definition) is 1. The summed E-state index contributed by atoms with van der Waals surface area (Å²) in [5.41, 5.74) is 1.29. The van der Waals surface area contributed by atoms with E-state index in [9.17, 15) is 9.59 Å². The number of carbonyl (C=O) groups is 2. The Kier molecular flexibility index (Phi) is 8.10. The van der Waals surface area contributed by atoms with E-state index in [2.05, 4.69) is 29.3 Å². The van der Waals surface area contributed by atoms with Crippen LogP contribution >= 0.6 is 0 Å². The van der Waals surface area contributed by atoms with Gasteiger partial charge in [-0.1, -0.05) is 37.3 Å². The second-order valence-corrected chi connectivity index (χ2v) is 8.90. The molecular formula is C24H37N3O2. The van der Waals surface area contributed by atoms with Gasteiger partial charge < -0.3 is 10.2 Å². The molecule has 2 fully saturated rings. The van der Waals surface area contributed by atoms with Crippen molar-refractivity contribution in [1.29, 1.82) is 0 Å². The number of hydrogen-bond acceptors (Lipinski definition) is 3. The Morgan fingerprint density at radius 1 is 1.03 bits per heavy atom. The Hall–Kier alpha value is -1.88. The van der Waals surface area contributed by atoms with Gasteiger partial charge in [0.1, 0.15) is 0 Å². The van der Waals surface area contributed by atoms with Crippen LogP contribution in [0.15, 0.2) is 30.3 Å². The molecule has 0 bridgehead atoms. The van der Waals surface area contributed by atoms with E-state index in [4.69, 9.17) is 0 Å². The molecule has 1 saturated carbocycles. The van der Waals surface area contributed by atoms with Crippen LogP contribution in [0.2, 0.25) is 0 Å². The number of nitrogens with zero attached hydrogens (tertiary/aromatic N) is 2. The highest BCUT2D eigenvalue weighted by molar-refractivity contribution is 5.81. The maximum atomic E-state index is 12.7.